The lowest BCUT2D eigenvalue weighted by molar-refractivity contribution is -0.181. The van der Waals surface area contributed by atoms with Crippen LogP contribution in [0.2, 0.25) is 0 Å². The molecule has 1 amide bonds. The first-order valence-corrected chi connectivity index (χ1v) is 5.00. The molecule has 0 atom stereocenters. The molecule has 0 saturated heterocycles. The molecule has 1 spiro atoms. The Hall–Kier alpha value is -1.06. The van der Waals surface area contributed by atoms with Crippen LogP contribution in [0.3, 0.4) is 0 Å². The van der Waals surface area contributed by atoms with Gasteiger partial charge in [0.15, 0.2) is 0 Å². The van der Waals surface area contributed by atoms with Gasteiger partial charge >= 0.3 is 5.97 Å². The summed E-state index contributed by atoms with van der Waals surface area (Å²) < 4.78 is 0. The van der Waals surface area contributed by atoms with E-state index in [1.165, 1.54) is 13.5 Å². The van der Waals surface area contributed by atoms with Crippen molar-refractivity contribution in [3.63, 3.8) is 0 Å². The number of hydrogen-bond acceptors (Lipinski definition) is 2. The lowest BCUT2D eigenvalue weighted by Gasteiger charge is -2.57. The third kappa shape index (κ3) is 0.996. The predicted molar refractivity (Wildman–Crippen MR) is 49.7 cm³/mol. The van der Waals surface area contributed by atoms with Crippen LogP contribution in [0.4, 0.5) is 0 Å². The average molecular weight is 197 g/mol. The minimum atomic E-state index is -1.12. The Morgan fingerprint density at radius 2 is 1.86 bits per heavy atom. The summed E-state index contributed by atoms with van der Waals surface area (Å²) >= 11 is 0. The van der Waals surface area contributed by atoms with Crippen molar-refractivity contribution in [1.82, 2.24) is 5.32 Å². The normalized spacial score (nSPS) is 26.1. The summed E-state index contributed by atoms with van der Waals surface area (Å²) in [5.74, 6) is -1.29. The van der Waals surface area contributed by atoms with Crippen LogP contribution in [0, 0.1) is 10.8 Å². The second-order valence-electron chi connectivity index (χ2n) is 4.67. The van der Waals surface area contributed by atoms with E-state index in [2.05, 4.69) is 5.32 Å². The van der Waals surface area contributed by atoms with Crippen molar-refractivity contribution in [3.8, 4) is 0 Å². The van der Waals surface area contributed by atoms with Gasteiger partial charge in [0.2, 0.25) is 5.91 Å². The Bertz CT molecular complexity index is 286. The number of amides is 1. The van der Waals surface area contributed by atoms with Gasteiger partial charge in [-0.05, 0) is 31.1 Å². The molecule has 0 aromatic carbocycles. The maximum Gasteiger partial charge on any atom is 0.319 e. The molecule has 78 valence electrons. The number of carbonyl (C=O) groups is 2. The van der Waals surface area contributed by atoms with Gasteiger partial charge in [-0.25, -0.2) is 0 Å². The minimum absolute atomic E-state index is 0.199. The van der Waals surface area contributed by atoms with Crippen molar-refractivity contribution < 1.29 is 14.7 Å². The van der Waals surface area contributed by atoms with Crippen LogP contribution in [0.15, 0.2) is 0 Å². The second kappa shape index (κ2) is 2.72. The number of hydrogen-bond donors (Lipinski definition) is 2. The molecule has 0 heterocycles. The number of carbonyl (C=O) groups excluding carboxylic acids is 1. The number of carboxylic acid groups (broad SMARTS) is 1. The van der Waals surface area contributed by atoms with Gasteiger partial charge in [-0.3, -0.25) is 9.59 Å². The largest absolute Gasteiger partial charge is 0.480 e. The van der Waals surface area contributed by atoms with Gasteiger partial charge in [0.05, 0.1) is 0 Å². The van der Waals surface area contributed by atoms with Gasteiger partial charge in [0.25, 0.3) is 0 Å². The summed E-state index contributed by atoms with van der Waals surface area (Å²) in [6.07, 6.45) is 4.45. The van der Waals surface area contributed by atoms with E-state index in [1.807, 2.05) is 0 Å². The Balaban J connectivity index is 2.12. The fourth-order valence-corrected chi connectivity index (χ4v) is 2.91. The third-order valence-electron chi connectivity index (χ3n) is 3.84. The fourth-order valence-electron chi connectivity index (χ4n) is 2.91. The highest BCUT2D eigenvalue weighted by Crippen LogP contribution is 2.64. The zero-order valence-electron chi connectivity index (χ0n) is 8.30. The van der Waals surface area contributed by atoms with E-state index in [1.54, 1.807) is 0 Å². The molecule has 2 aliphatic rings. The van der Waals surface area contributed by atoms with Crippen LogP contribution in [0.25, 0.3) is 0 Å². The smallest absolute Gasteiger partial charge is 0.319 e. The van der Waals surface area contributed by atoms with E-state index in [0.29, 0.717) is 12.8 Å². The summed E-state index contributed by atoms with van der Waals surface area (Å²) in [5.41, 5.74) is -0.917. The molecular weight excluding hydrogens is 182 g/mol. The molecular formula is C10H15NO3. The second-order valence-corrected chi connectivity index (χ2v) is 4.67. The summed E-state index contributed by atoms with van der Waals surface area (Å²) in [4.78, 5) is 22.6. The van der Waals surface area contributed by atoms with E-state index in [0.717, 1.165) is 12.8 Å². The molecule has 14 heavy (non-hydrogen) atoms. The molecule has 0 aromatic heterocycles. The molecule has 0 aliphatic heterocycles. The average Bonchev–Trinajstić information content (AvgIpc) is 1.98. The molecule has 2 N–H and O–H groups in total. The van der Waals surface area contributed by atoms with E-state index in [9.17, 15) is 9.59 Å². The van der Waals surface area contributed by atoms with Gasteiger partial charge in [0.1, 0.15) is 5.41 Å². The quantitative estimate of drug-likeness (QED) is 0.642. The Labute approximate surface area is 82.7 Å². The molecule has 4 heteroatoms. The minimum Gasteiger partial charge on any atom is -0.480 e. The Morgan fingerprint density at radius 1 is 1.29 bits per heavy atom. The topological polar surface area (TPSA) is 66.4 Å². The van der Waals surface area contributed by atoms with E-state index < -0.39 is 11.4 Å². The van der Waals surface area contributed by atoms with E-state index in [-0.39, 0.29) is 11.3 Å². The van der Waals surface area contributed by atoms with Gasteiger partial charge in [-0.15, -0.1) is 0 Å². The zero-order valence-corrected chi connectivity index (χ0v) is 8.30. The monoisotopic (exact) mass is 197 g/mol. The lowest BCUT2D eigenvalue weighted by Crippen LogP contribution is -2.60. The fraction of sp³-hybridized carbons (Fsp3) is 0.800. The first-order valence-electron chi connectivity index (χ1n) is 5.00. The SMILES string of the molecule is CNC(=O)C1(C(=O)O)CC2(CCC2)C1. The van der Waals surface area contributed by atoms with Crippen molar-refractivity contribution in [1.29, 1.82) is 0 Å². The molecule has 2 saturated carbocycles. The van der Waals surface area contributed by atoms with Gasteiger partial charge in [-0.1, -0.05) is 6.42 Å². The third-order valence-corrected chi connectivity index (χ3v) is 3.84. The van der Waals surface area contributed by atoms with Crippen molar-refractivity contribution >= 4 is 11.9 Å². The summed E-state index contributed by atoms with van der Waals surface area (Å²) in [7, 11) is 1.50. The van der Waals surface area contributed by atoms with Crippen molar-refractivity contribution in [2.75, 3.05) is 7.05 Å². The van der Waals surface area contributed by atoms with Crippen molar-refractivity contribution in [2.24, 2.45) is 10.8 Å². The standard InChI is InChI=1S/C10H15NO3/c1-11-7(12)10(8(13)14)5-9(6-10)3-2-4-9/h2-6H2,1H3,(H,11,12)(H,13,14). The van der Waals surface area contributed by atoms with Crippen molar-refractivity contribution in [2.45, 2.75) is 32.1 Å². The van der Waals surface area contributed by atoms with Crippen molar-refractivity contribution in [3.05, 3.63) is 0 Å². The first kappa shape index (κ1) is 9.49. The summed E-state index contributed by atoms with van der Waals surface area (Å²) in [6, 6.07) is 0. The van der Waals surface area contributed by atoms with Gasteiger partial charge < -0.3 is 10.4 Å². The van der Waals surface area contributed by atoms with E-state index in [4.69, 9.17) is 5.11 Å². The highest BCUT2D eigenvalue weighted by atomic mass is 16.4. The molecule has 2 aliphatic carbocycles. The molecule has 0 radical (unpaired) electrons. The Kier molecular flexibility index (Phi) is 1.84. The van der Waals surface area contributed by atoms with Gasteiger partial charge in [-0.2, -0.15) is 0 Å². The van der Waals surface area contributed by atoms with Crippen LogP contribution in [0.5, 0.6) is 0 Å². The number of rotatable bonds is 2. The zero-order chi connectivity index (χ0) is 10.4. The molecule has 0 unspecified atom stereocenters. The van der Waals surface area contributed by atoms with E-state index >= 15 is 0 Å². The van der Waals surface area contributed by atoms with Crippen LogP contribution < -0.4 is 5.32 Å². The molecule has 2 rings (SSSR count). The number of carboxylic acids is 1. The number of aliphatic carboxylic acids is 1. The highest BCUT2D eigenvalue weighted by molar-refractivity contribution is 6.03. The maximum absolute atomic E-state index is 11.5. The Morgan fingerprint density at radius 3 is 2.14 bits per heavy atom. The summed E-state index contributed by atoms with van der Waals surface area (Å²) in [6.45, 7) is 0. The lowest BCUT2D eigenvalue weighted by atomic mass is 9.45. The van der Waals surface area contributed by atoms with Crippen LogP contribution in [0.1, 0.15) is 32.1 Å². The van der Waals surface area contributed by atoms with Gasteiger partial charge in [0, 0.05) is 7.05 Å². The van der Waals surface area contributed by atoms with Crippen LogP contribution in [-0.4, -0.2) is 24.0 Å². The van der Waals surface area contributed by atoms with Crippen LogP contribution in [-0.2, 0) is 9.59 Å². The predicted octanol–water partition coefficient (Wildman–Crippen LogP) is 0.767. The number of nitrogens with one attached hydrogen (secondary N) is 1. The molecule has 0 bridgehead atoms. The molecule has 2 fully saturated rings. The van der Waals surface area contributed by atoms with Crippen LogP contribution >= 0.6 is 0 Å². The highest BCUT2D eigenvalue weighted by Gasteiger charge is 2.64. The summed E-state index contributed by atoms with van der Waals surface area (Å²) in [5, 5.41) is 11.5. The molecule has 4 nitrogen and oxygen atoms in total. The molecule has 0 aromatic rings. The first-order chi connectivity index (χ1) is 6.55. The maximum atomic E-state index is 11.5.